The molecule has 2 aromatic carbocycles. The number of benzene rings is 2. The lowest BCUT2D eigenvalue weighted by molar-refractivity contribution is 0.105. The van der Waals surface area contributed by atoms with Gasteiger partial charge in [-0.15, -0.1) is 0 Å². The minimum Gasteiger partial charge on any atom is -0.382 e. The third-order valence-corrected chi connectivity index (χ3v) is 8.55. The lowest BCUT2D eigenvalue weighted by Gasteiger charge is -2.39. The van der Waals surface area contributed by atoms with Gasteiger partial charge in [0.25, 0.3) is 0 Å². The number of nitrogens with zero attached hydrogens (tertiary/aromatic N) is 1. The van der Waals surface area contributed by atoms with Crippen molar-refractivity contribution in [3.63, 3.8) is 0 Å². The first-order chi connectivity index (χ1) is 15.2. The monoisotopic (exact) mass is 434 g/mol. The number of likely N-dealkylation sites (tertiary alicyclic amines) is 1. The standard InChI is InChI=1S/C30H46N2/c1-6-15-30(5)16-18-32(19-17-30)22-23-7-8-25-21-28(12-9-24(25)20-23)31-27-13-10-26(11-14-27)29(2,3)4/h7-9,12,20-21,26-27,31H,6,10-11,13-19,22H2,1-5H3. The van der Waals surface area contributed by atoms with Gasteiger partial charge in [0.15, 0.2) is 0 Å². The summed E-state index contributed by atoms with van der Waals surface area (Å²) >= 11 is 0. The molecule has 2 aromatic rings. The van der Waals surface area contributed by atoms with Gasteiger partial charge >= 0.3 is 0 Å². The highest BCUT2D eigenvalue weighted by Gasteiger charge is 2.30. The average Bonchev–Trinajstić information content (AvgIpc) is 2.75. The van der Waals surface area contributed by atoms with E-state index >= 15 is 0 Å². The van der Waals surface area contributed by atoms with Crippen molar-refractivity contribution in [1.29, 1.82) is 0 Å². The van der Waals surface area contributed by atoms with E-state index in [2.05, 4.69) is 81.2 Å². The highest BCUT2D eigenvalue weighted by Crippen LogP contribution is 2.39. The third kappa shape index (κ3) is 5.87. The van der Waals surface area contributed by atoms with Crippen LogP contribution < -0.4 is 5.32 Å². The van der Waals surface area contributed by atoms with Crippen molar-refractivity contribution in [2.24, 2.45) is 16.7 Å². The molecule has 0 spiro atoms. The number of hydrogen-bond acceptors (Lipinski definition) is 2. The molecule has 2 aliphatic rings. The maximum absolute atomic E-state index is 3.83. The van der Waals surface area contributed by atoms with Crippen LogP contribution in [0.3, 0.4) is 0 Å². The van der Waals surface area contributed by atoms with Crippen molar-refractivity contribution in [2.45, 2.75) is 98.6 Å². The van der Waals surface area contributed by atoms with Crippen molar-refractivity contribution in [3.05, 3.63) is 42.0 Å². The Kier molecular flexibility index (Phi) is 7.20. The lowest BCUT2D eigenvalue weighted by Crippen LogP contribution is -2.38. The van der Waals surface area contributed by atoms with Gasteiger partial charge in [0, 0.05) is 18.3 Å². The second-order valence-corrected chi connectivity index (χ2v) is 12.3. The molecule has 0 atom stereocenters. The van der Waals surface area contributed by atoms with E-state index in [0.717, 1.165) is 12.5 Å². The summed E-state index contributed by atoms with van der Waals surface area (Å²) in [5.74, 6) is 0.871. The Morgan fingerprint density at radius 3 is 2.25 bits per heavy atom. The number of piperidine rings is 1. The fourth-order valence-corrected chi connectivity index (χ4v) is 6.19. The van der Waals surface area contributed by atoms with Crippen LogP contribution in [0.4, 0.5) is 5.69 Å². The summed E-state index contributed by atoms with van der Waals surface area (Å²) in [4.78, 5) is 2.66. The van der Waals surface area contributed by atoms with Gasteiger partial charge < -0.3 is 5.32 Å². The number of hydrogen-bond donors (Lipinski definition) is 1. The van der Waals surface area contributed by atoms with E-state index in [0.29, 0.717) is 16.9 Å². The molecular weight excluding hydrogens is 388 g/mol. The Morgan fingerprint density at radius 1 is 0.938 bits per heavy atom. The molecule has 1 N–H and O–H groups in total. The molecule has 1 saturated carbocycles. The third-order valence-electron chi connectivity index (χ3n) is 8.55. The smallest absolute Gasteiger partial charge is 0.0348 e. The summed E-state index contributed by atoms with van der Waals surface area (Å²) in [5.41, 5.74) is 3.77. The maximum atomic E-state index is 3.83. The summed E-state index contributed by atoms with van der Waals surface area (Å²) in [5, 5.41) is 6.57. The summed E-state index contributed by atoms with van der Waals surface area (Å²) < 4.78 is 0. The normalized spacial score (nSPS) is 24.5. The first-order valence-electron chi connectivity index (χ1n) is 13.3. The predicted octanol–water partition coefficient (Wildman–Crippen LogP) is 8.26. The number of rotatable bonds is 6. The lowest BCUT2D eigenvalue weighted by atomic mass is 9.71. The van der Waals surface area contributed by atoms with Gasteiger partial charge in [0.05, 0.1) is 0 Å². The molecule has 2 nitrogen and oxygen atoms in total. The van der Waals surface area contributed by atoms with Crippen LogP contribution in [0.5, 0.6) is 0 Å². The fraction of sp³-hybridized carbons (Fsp3) is 0.667. The molecule has 0 unspecified atom stereocenters. The Bertz CT molecular complexity index is 877. The molecule has 0 bridgehead atoms. The Hall–Kier alpha value is -1.54. The number of anilines is 1. The zero-order chi connectivity index (χ0) is 22.8. The quantitative estimate of drug-likeness (QED) is 0.492. The molecule has 1 aliphatic heterocycles. The predicted molar refractivity (Wildman–Crippen MR) is 140 cm³/mol. The van der Waals surface area contributed by atoms with Gasteiger partial charge in [0.1, 0.15) is 0 Å². The van der Waals surface area contributed by atoms with Crippen molar-refractivity contribution in [3.8, 4) is 0 Å². The zero-order valence-corrected chi connectivity index (χ0v) is 21.3. The van der Waals surface area contributed by atoms with E-state index in [4.69, 9.17) is 0 Å². The van der Waals surface area contributed by atoms with Crippen molar-refractivity contribution in [1.82, 2.24) is 4.90 Å². The van der Waals surface area contributed by atoms with E-state index in [1.165, 1.54) is 86.5 Å². The molecule has 1 heterocycles. The van der Waals surface area contributed by atoms with Gasteiger partial charge in [-0.3, -0.25) is 4.90 Å². The molecule has 2 fully saturated rings. The topological polar surface area (TPSA) is 15.3 Å². The molecule has 0 radical (unpaired) electrons. The molecule has 0 amide bonds. The van der Waals surface area contributed by atoms with E-state index in [1.54, 1.807) is 0 Å². The zero-order valence-electron chi connectivity index (χ0n) is 21.3. The first-order valence-corrected chi connectivity index (χ1v) is 13.3. The first kappa shape index (κ1) is 23.6. The van der Waals surface area contributed by atoms with Gasteiger partial charge in [-0.05, 0) is 109 Å². The number of nitrogens with one attached hydrogen (secondary N) is 1. The second kappa shape index (κ2) is 9.75. The van der Waals surface area contributed by atoms with E-state index in [-0.39, 0.29) is 0 Å². The highest BCUT2D eigenvalue weighted by atomic mass is 15.1. The number of fused-ring (bicyclic) bond motifs is 1. The molecule has 4 rings (SSSR count). The Morgan fingerprint density at radius 2 is 1.59 bits per heavy atom. The van der Waals surface area contributed by atoms with Crippen LogP contribution in [0.2, 0.25) is 0 Å². The molecular formula is C30H46N2. The fourth-order valence-electron chi connectivity index (χ4n) is 6.19. The maximum Gasteiger partial charge on any atom is 0.0348 e. The van der Waals surface area contributed by atoms with E-state index < -0.39 is 0 Å². The summed E-state index contributed by atoms with van der Waals surface area (Å²) in [7, 11) is 0. The van der Waals surface area contributed by atoms with Crippen molar-refractivity contribution >= 4 is 16.5 Å². The van der Waals surface area contributed by atoms with E-state index in [1.807, 2.05) is 0 Å². The molecule has 0 aromatic heterocycles. The summed E-state index contributed by atoms with van der Waals surface area (Å²) in [6.45, 7) is 15.6. The van der Waals surface area contributed by atoms with Crippen LogP contribution in [-0.4, -0.2) is 24.0 Å². The van der Waals surface area contributed by atoms with E-state index in [9.17, 15) is 0 Å². The molecule has 1 aliphatic carbocycles. The summed E-state index contributed by atoms with van der Waals surface area (Å²) in [6.07, 6.45) is 10.7. The molecule has 176 valence electrons. The second-order valence-electron chi connectivity index (χ2n) is 12.3. The molecule has 32 heavy (non-hydrogen) atoms. The molecule has 1 saturated heterocycles. The summed E-state index contributed by atoms with van der Waals surface area (Å²) in [6, 6.07) is 14.7. The van der Waals surface area contributed by atoms with Crippen LogP contribution in [0, 0.1) is 16.7 Å². The molecule has 2 heteroatoms. The Balaban J connectivity index is 1.33. The van der Waals surface area contributed by atoms with Crippen LogP contribution in [0.25, 0.3) is 10.8 Å². The average molecular weight is 435 g/mol. The van der Waals surface area contributed by atoms with Gasteiger partial charge in [-0.2, -0.15) is 0 Å². The SMILES string of the molecule is CCCC1(C)CCN(Cc2ccc3cc(NC4CCC(C(C)(C)C)CC4)ccc3c2)CC1. The largest absolute Gasteiger partial charge is 0.382 e. The van der Waals surface area contributed by atoms with Crippen LogP contribution in [0.15, 0.2) is 36.4 Å². The van der Waals surface area contributed by atoms with Crippen molar-refractivity contribution in [2.75, 3.05) is 18.4 Å². The van der Waals surface area contributed by atoms with Crippen LogP contribution in [-0.2, 0) is 6.54 Å². The van der Waals surface area contributed by atoms with Crippen LogP contribution in [0.1, 0.15) is 91.5 Å². The van der Waals surface area contributed by atoms with Gasteiger partial charge in [-0.1, -0.05) is 59.2 Å². The minimum atomic E-state index is 0.453. The van der Waals surface area contributed by atoms with Gasteiger partial charge in [-0.25, -0.2) is 0 Å². The van der Waals surface area contributed by atoms with Crippen LogP contribution >= 0.6 is 0 Å². The highest BCUT2D eigenvalue weighted by molar-refractivity contribution is 5.86. The Labute approximate surface area is 197 Å². The van der Waals surface area contributed by atoms with Gasteiger partial charge in [0.2, 0.25) is 0 Å². The van der Waals surface area contributed by atoms with Crippen molar-refractivity contribution < 1.29 is 0 Å². The minimum absolute atomic E-state index is 0.453.